The number of hydrogen-bond acceptors (Lipinski definition) is 4. The summed E-state index contributed by atoms with van der Waals surface area (Å²) in [6.45, 7) is 7.99. The summed E-state index contributed by atoms with van der Waals surface area (Å²) >= 11 is 0. The molecule has 0 radical (unpaired) electrons. The first-order chi connectivity index (χ1) is 40.6. The Morgan fingerprint density at radius 2 is 0.756 bits per heavy atom. The summed E-state index contributed by atoms with van der Waals surface area (Å²) in [5.41, 5.74) is 17.1. The van der Waals surface area contributed by atoms with E-state index in [4.69, 9.17) is 21.3 Å². The Labute approximate surface area is 468 Å². The Bertz CT molecular complexity index is 5170. The highest BCUT2D eigenvalue weighted by molar-refractivity contribution is 6.13. The molecule has 0 unspecified atom stereocenters. The number of aromatic nitrogens is 6. The van der Waals surface area contributed by atoms with Gasteiger partial charge in [0.05, 0.1) is 114 Å². The maximum atomic E-state index is 10.2. The van der Waals surface area contributed by atoms with Crippen LogP contribution in [0.4, 0.5) is 5.69 Å². The third-order valence-corrected chi connectivity index (χ3v) is 17.5. The molecule has 18 rings (SSSR count). The van der Waals surface area contributed by atoms with Gasteiger partial charge in [-0.05, 0) is 96.4 Å². The molecule has 16 aromatic rings. The number of benzene rings is 10. The fourth-order valence-corrected chi connectivity index (χ4v) is 14.3. The van der Waals surface area contributed by atoms with Crippen LogP contribution < -0.4 is 4.74 Å². The summed E-state index contributed by atoms with van der Waals surface area (Å²) in [6.07, 6.45) is 3.96. The fourth-order valence-electron chi connectivity index (χ4n) is 14.3. The Balaban J connectivity index is 1.02. The molecular formula is C73H40N8O. The second-order valence-corrected chi connectivity index (χ2v) is 21.4. The van der Waals surface area contributed by atoms with Crippen LogP contribution in [0.25, 0.3) is 126 Å². The van der Waals surface area contributed by atoms with Gasteiger partial charge in [-0.3, -0.25) is 9.97 Å². The van der Waals surface area contributed by atoms with Crippen LogP contribution in [0.1, 0.15) is 27.8 Å². The molecule has 0 saturated carbocycles. The monoisotopic (exact) mass is 1040 g/mol. The van der Waals surface area contributed by atoms with Crippen molar-refractivity contribution in [3.63, 3.8) is 0 Å². The number of para-hydroxylation sites is 8. The predicted octanol–water partition coefficient (Wildman–Crippen LogP) is 17.8. The molecule has 2 aliphatic rings. The Morgan fingerprint density at radius 1 is 0.378 bits per heavy atom. The molecule has 0 bridgehead atoms. The van der Waals surface area contributed by atoms with Crippen LogP contribution in [-0.4, -0.2) is 28.2 Å². The predicted molar refractivity (Wildman–Crippen MR) is 328 cm³/mol. The number of nitriles is 1. The second-order valence-electron chi connectivity index (χ2n) is 21.4. The van der Waals surface area contributed by atoms with Crippen molar-refractivity contribution in [3.05, 3.63) is 282 Å². The van der Waals surface area contributed by atoms with Crippen LogP contribution in [0.2, 0.25) is 0 Å². The van der Waals surface area contributed by atoms with Crippen molar-refractivity contribution in [2.75, 3.05) is 0 Å². The van der Waals surface area contributed by atoms with Crippen molar-refractivity contribution in [2.24, 2.45) is 0 Å². The van der Waals surface area contributed by atoms with E-state index in [1.807, 2.05) is 36.7 Å². The molecule has 0 saturated heterocycles. The number of fused-ring (bicyclic) bond motifs is 21. The van der Waals surface area contributed by atoms with Crippen molar-refractivity contribution in [3.8, 4) is 51.7 Å². The van der Waals surface area contributed by atoms with E-state index in [9.17, 15) is 5.26 Å². The van der Waals surface area contributed by atoms with Gasteiger partial charge >= 0.3 is 0 Å². The van der Waals surface area contributed by atoms with Gasteiger partial charge in [-0.15, -0.1) is 0 Å². The van der Waals surface area contributed by atoms with Gasteiger partial charge in [-0.25, -0.2) is 4.85 Å². The lowest BCUT2D eigenvalue weighted by molar-refractivity contribution is 0.433. The second kappa shape index (κ2) is 16.3. The Hall–Kier alpha value is -11.5. The van der Waals surface area contributed by atoms with E-state index in [1.54, 1.807) is 0 Å². The summed E-state index contributed by atoms with van der Waals surface area (Å²) in [5, 5.41) is 18.8. The van der Waals surface area contributed by atoms with Crippen molar-refractivity contribution in [2.45, 2.75) is 5.41 Å². The van der Waals surface area contributed by atoms with E-state index in [0.29, 0.717) is 22.7 Å². The van der Waals surface area contributed by atoms with E-state index >= 15 is 0 Å². The zero-order chi connectivity index (χ0) is 53.9. The van der Waals surface area contributed by atoms with E-state index in [1.165, 1.54) is 0 Å². The average molecular weight is 1050 g/mol. The summed E-state index contributed by atoms with van der Waals surface area (Å²) in [7, 11) is 0. The SMILES string of the molecule is [C-]#[N+]c1ccc2c(c1)c1ccccc1n2-c1cnc2c(c1)C1(c3cc(-n4c5ccccc5c5cc(C#N)ccc54)cnc3-2)c2cccc(-n3c4ccccc4c4ccccc43)c2Oc2c(-n3c4ccccc4c4ccccc43)cccc21. The maximum absolute atomic E-state index is 10.2. The largest absolute Gasteiger partial charge is 0.452 e. The Morgan fingerprint density at radius 3 is 1.18 bits per heavy atom. The minimum atomic E-state index is -1.12. The molecule has 378 valence electrons. The average Bonchev–Trinajstić information content (AvgIpc) is 1.56. The van der Waals surface area contributed by atoms with Crippen LogP contribution in [0.5, 0.6) is 11.5 Å². The molecule has 9 heteroatoms. The number of nitrogens with zero attached hydrogens (tertiary/aromatic N) is 8. The highest BCUT2D eigenvalue weighted by Gasteiger charge is 2.54. The van der Waals surface area contributed by atoms with Gasteiger partial charge in [0, 0.05) is 60.0 Å². The summed E-state index contributed by atoms with van der Waals surface area (Å²) in [5.74, 6) is 1.43. The van der Waals surface area contributed by atoms with Crippen molar-refractivity contribution >= 4 is 92.9 Å². The summed E-state index contributed by atoms with van der Waals surface area (Å²) in [4.78, 5) is 15.1. The first-order valence-electron chi connectivity index (χ1n) is 27.4. The molecule has 1 aliphatic carbocycles. The minimum Gasteiger partial charge on any atom is -0.452 e. The van der Waals surface area contributed by atoms with Crippen molar-refractivity contribution < 1.29 is 4.74 Å². The minimum absolute atomic E-state index is 0.584. The number of ether oxygens (including phenoxy) is 1. The first-order valence-corrected chi connectivity index (χ1v) is 27.4. The number of pyridine rings is 2. The van der Waals surface area contributed by atoms with Gasteiger partial charge < -0.3 is 23.0 Å². The molecule has 9 nitrogen and oxygen atoms in total. The van der Waals surface area contributed by atoms with Crippen LogP contribution >= 0.6 is 0 Å². The molecule has 10 aromatic carbocycles. The van der Waals surface area contributed by atoms with E-state index in [0.717, 1.165) is 144 Å². The molecular weight excluding hydrogens is 1000 g/mol. The third-order valence-electron chi connectivity index (χ3n) is 17.5. The molecule has 0 N–H and O–H groups in total. The maximum Gasteiger partial charge on any atom is 0.188 e. The summed E-state index contributed by atoms with van der Waals surface area (Å²) in [6, 6.07) is 83.6. The van der Waals surface area contributed by atoms with Gasteiger partial charge in [0.1, 0.15) is 0 Å². The molecule has 82 heavy (non-hydrogen) atoms. The van der Waals surface area contributed by atoms with E-state index in [2.05, 4.69) is 235 Å². The quantitative estimate of drug-likeness (QED) is 0.164. The van der Waals surface area contributed by atoms with Gasteiger partial charge in [-0.2, -0.15) is 5.26 Å². The lowest BCUT2D eigenvalue weighted by Crippen LogP contribution is -2.33. The molecule has 7 heterocycles. The molecule has 6 aromatic heterocycles. The first kappa shape index (κ1) is 44.5. The normalized spacial score (nSPS) is 13.0. The van der Waals surface area contributed by atoms with E-state index in [-0.39, 0.29) is 0 Å². The highest BCUT2D eigenvalue weighted by Crippen LogP contribution is 2.64. The number of hydrogen-bond donors (Lipinski definition) is 0. The summed E-state index contributed by atoms with van der Waals surface area (Å²) < 4.78 is 17.3. The van der Waals surface area contributed by atoms with Crippen LogP contribution in [-0.2, 0) is 5.41 Å². The number of rotatable bonds is 4. The molecule has 1 aliphatic heterocycles. The van der Waals surface area contributed by atoms with Crippen LogP contribution in [0.3, 0.4) is 0 Å². The van der Waals surface area contributed by atoms with Crippen molar-refractivity contribution in [1.29, 1.82) is 5.26 Å². The lowest BCUT2D eigenvalue weighted by Gasteiger charge is -2.40. The topological polar surface area (TPSA) is 82.9 Å². The van der Waals surface area contributed by atoms with Crippen LogP contribution in [0, 0.1) is 17.9 Å². The Kier molecular flexibility index (Phi) is 8.83. The zero-order valence-electron chi connectivity index (χ0n) is 43.6. The van der Waals surface area contributed by atoms with Crippen molar-refractivity contribution in [1.82, 2.24) is 28.2 Å². The molecule has 0 amide bonds. The lowest BCUT2D eigenvalue weighted by atomic mass is 9.66. The van der Waals surface area contributed by atoms with Crippen LogP contribution in [0.15, 0.2) is 243 Å². The standard InChI is InChI=1S/C73H40N8O/c1-75-44-33-35-66-54(37-44)52-21-7-9-25-60(52)79(66)46-39-58-70(77-42-46)69-57(38-45(41-76-69)78-59-24-8-6-20-51(59)53-36-43(40-74)32-34-65(53)78)73(58)55-22-14-30-67(80-61-26-10-2-16-47(61)48-17-3-11-27-62(48)80)71(55)82-72-56(73)23-15-31-68(72)81-63-28-12-4-18-49(63)50-19-5-13-29-64(50)81/h2-39,41-42H. The van der Waals surface area contributed by atoms with Gasteiger partial charge in [0.25, 0.3) is 0 Å². The molecule has 0 atom stereocenters. The smallest absolute Gasteiger partial charge is 0.188 e. The fraction of sp³-hybridized carbons (Fsp3) is 0.0137. The third kappa shape index (κ3) is 5.67. The molecule has 0 fully saturated rings. The van der Waals surface area contributed by atoms with Gasteiger partial charge in [0.2, 0.25) is 0 Å². The molecule has 1 spiro atoms. The zero-order valence-corrected chi connectivity index (χ0v) is 43.6. The highest BCUT2D eigenvalue weighted by atomic mass is 16.5. The van der Waals surface area contributed by atoms with Gasteiger partial charge in [-0.1, -0.05) is 140 Å². The van der Waals surface area contributed by atoms with E-state index < -0.39 is 5.41 Å². The van der Waals surface area contributed by atoms with Gasteiger partial charge in [0.15, 0.2) is 17.2 Å².